The minimum Gasteiger partial charge on any atom is -0.497 e. The van der Waals surface area contributed by atoms with Gasteiger partial charge >= 0.3 is 0 Å². The number of aryl methyl sites for hydroxylation is 1. The predicted molar refractivity (Wildman–Crippen MR) is 115 cm³/mol. The topological polar surface area (TPSA) is 59.5 Å². The van der Waals surface area contributed by atoms with Gasteiger partial charge in [0.15, 0.2) is 0 Å². The third-order valence-corrected chi connectivity index (χ3v) is 4.58. The summed E-state index contributed by atoms with van der Waals surface area (Å²) in [6.45, 7) is 0. The van der Waals surface area contributed by atoms with Crippen molar-refractivity contribution in [3.8, 4) is 5.75 Å². The van der Waals surface area contributed by atoms with Crippen molar-refractivity contribution in [3.05, 3.63) is 69.9 Å². The van der Waals surface area contributed by atoms with Crippen LogP contribution in [0.1, 0.15) is 18.7 Å². The van der Waals surface area contributed by atoms with Crippen LogP contribution in [0.5, 0.6) is 5.75 Å². The van der Waals surface area contributed by atoms with E-state index in [2.05, 4.69) is 0 Å². The number of rotatable bonds is 5. The summed E-state index contributed by atoms with van der Waals surface area (Å²) < 4.78 is 7.32. The number of benzene rings is 2. The monoisotopic (exact) mass is 380 g/mol. The Bertz CT molecular complexity index is 1040. The van der Waals surface area contributed by atoms with Gasteiger partial charge in [0, 0.05) is 44.1 Å². The first-order chi connectivity index (χ1) is 12.9. The van der Waals surface area contributed by atoms with Gasteiger partial charge in [-0.05, 0) is 36.4 Å². The standard InChI is InChI=1S/C21H22N3O3.CH4/c1-22(2)18-10-6-15(21(14-18)24(25)26)5-8-17-9-7-16-13-19(27-4)11-12-20(16)23(17)3;/h5-14H,1-4H3;1H4/q+1;. The van der Waals surface area contributed by atoms with Crippen molar-refractivity contribution in [2.75, 3.05) is 26.1 Å². The number of methoxy groups -OCH3 is 1. The molecular weight excluding hydrogens is 354 g/mol. The van der Waals surface area contributed by atoms with Gasteiger partial charge in [-0.1, -0.05) is 7.43 Å². The van der Waals surface area contributed by atoms with Gasteiger partial charge in [0.05, 0.1) is 23.0 Å². The van der Waals surface area contributed by atoms with E-state index in [1.165, 1.54) is 0 Å². The number of ether oxygens (including phenoxy) is 1. The van der Waals surface area contributed by atoms with Crippen molar-refractivity contribution in [2.45, 2.75) is 7.43 Å². The van der Waals surface area contributed by atoms with Crippen LogP contribution in [0.25, 0.3) is 23.1 Å². The quantitative estimate of drug-likeness (QED) is 0.373. The largest absolute Gasteiger partial charge is 0.497 e. The molecule has 0 atom stereocenters. The molecular formula is C22H26N3O3+. The normalized spacial score (nSPS) is 10.7. The van der Waals surface area contributed by atoms with E-state index in [1.807, 2.05) is 73.1 Å². The Kier molecular flexibility index (Phi) is 6.36. The van der Waals surface area contributed by atoms with E-state index in [-0.39, 0.29) is 18.0 Å². The van der Waals surface area contributed by atoms with Crippen LogP contribution >= 0.6 is 0 Å². The number of anilines is 1. The van der Waals surface area contributed by atoms with E-state index in [1.54, 1.807) is 25.3 Å². The van der Waals surface area contributed by atoms with Crippen molar-refractivity contribution < 1.29 is 14.2 Å². The summed E-state index contributed by atoms with van der Waals surface area (Å²) in [5.41, 5.74) is 3.45. The number of nitro groups is 1. The fourth-order valence-electron chi connectivity index (χ4n) is 2.98. The summed E-state index contributed by atoms with van der Waals surface area (Å²) in [4.78, 5) is 12.9. The molecule has 0 bridgehead atoms. The molecule has 0 amide bonds. The van der Waals surface area contributed by atoms with Crippen molar-refractivity contribution in [2.24, 2.45) is 7.05 Å². The molecule has 0 aliphatic carbocycles. The lowest BCUT2D eigenvalue weighted by Crippen LogP contribution is -2.32. The van der Waals surface area contributed by atoms with Gasteiger partial charge in [0.1, 0.15) is 12.8 Å². The summed E-state index contributed by atoms with van der Waals surface area (Å²) in [6.07, 6.45) is 3.67. The second kappa shape index (κ2) is 8.52. The zero-order chi connectivity index (χ0) is 19.6. The fourth-order valence-corrected chi connectivity index (χ4v) is 2.98. The number of pyridine rings is 1. The van der Waals surface area contributed by atoms with Crippen molar-refractivity contribution >= 4 is 34.4 Å². The van der Waals surface area contributed by atoms with Crippen LogP contribution in [0.4, 0.5) is 11.4 Å². The average molecular weight is 380 g/mol. The Morgan fingerprint density at radius 1 is 1.07 bits per heavy atom. The van der Waals surface area contributed by atoms with Crippen LogP contribution in [0, 0.1) is 10.1 Å². The number of nitro benzene ring substituents is 1. The third-order valence-electron chi connectivity index (χ3n) is 4.58. The van der Waals surface area contributed by atoms with E-state index >= 15 is 0 Å². The van der Waals surface area contributed by atoms with Crippen LogP contribution in [-0.2, 0) is 7.05 Å². The molecule has 6 nitrogen and oxygen atoms in total. The van der Waals surface area contributed by atoms with E-state index < -0.39 is 0 Å². The second-order valence-corrected chi connectivity index (χ2v) is 6.47. The maximum atomic E-state index is 11.4. The fraction of sp³-hybridized carbons (Fsp3) is 0.227. The molecule has 6 heteroatoms. The number of hydrogen-bond donors (Lipinski definition) is 0. The Hall–Kier alpha value is -3.41. The third kappa shape index (κ3) is 4.11. The first kappa shape index (κ1) is 20.9. The van der Waals surface area contributed by atoms with Gasteiger partial charge in [-0.2, -0.15) is 4.57 Å². The number of nitrogens with zero attached hydrogens (tertiary/aromatic N) is 3. The van der Waals surface area contributed by atoms with Crippen LogP contribution in [0.15, 0.2) is 48.5 Å². The van der Waals surface area contributed by atoms with Gasteiger partial charge in [0.2, 0.25) is 11.2 Å². The Balaban J connectivity index is 0.00000280. The number of aromatic nitrogens is 1. The molecule has 3 rings (SSSR count). The molecule has 1 heterocycles. The van der Waals surface area contributed by atoms with Crippen LogP contribution < -0.4 is 14.2 Å². The van der Waals surface area contributed by atoms with E-state index in [4.69, 9.17) is 4.74 Å². The van der Waals surface area contributed by atoms with Gasteiger partial charge in [-0.3, -0.25) is 10.1 Å². The van der Waals surface area contributed by atoms with Gasteiger partial charge in [0.25, 0.3) is 5.69 Å². The highest BCUT2D eigenvalue weighted by atomic mass is 16.6. The summed E-state index contributed by atoms with van der Waals surface area (Å²) >= 11 is 0. The average Bonchev–Trinajstić information content (AvgIpc) is 2.66. The van der Waals surface area contributed by atoms with E-state index in [9.17, 15) is 10.1 Å². The molecule has 0 aliphatic heterocycles. The SMILES string of the molecule is C.COc1ccc2c(ccc(/C=C/c3ccc(N(C)C)cc3[N+](=O)[O-])[n+]2C)c1. The Morgan fingerprint density at radius 2 is 1.82 bits per heavy atom. The summed E-state index contributed by atoms with van der Waals surface area (Å²) in [6, 6.07) is 15.1. The molecule has 0 spiro atoms. The molecule has 28 heavy (non-hydrogen) atoms. The molecule has 0 unspecified atom stereocenters. The summed E-state index contributed by atoms with van der Waals surface area (Å²) in [5.74, 6) is 0.808. The molecule has 0 aliphatic rings. The first-order valence-electron chi connectivity index (χ1n) is 8.51. The van der Waals surface area contributed by atoms with Crippen LogP contribution in [0.2, 0.25) is 0 Å². The van der Waals surface area contributed by atoms with Crippen molar-refractivity contribution in [1.29, 1.82) is 0 Å². The molecule has 1 aromatic heterocycles. The molecule has 3 aromatic rings. The highest BCUT2D eigenvalue weighted by Crippen LogP contribution is 2.26. The minimum absolute atomic E-state index is 0. The van der Waals surface area contributed by atoms with Crippen molar-refractivity contribution in [1.82, 2.24) is 0 Å². The molecule has 0 saturated carbocycles. The molecule has 0 saturated heterocycles. The lowest BCUT2D eigenvalue weighted by molar-refractivity contribution is -0.646. The van der Waals surface area contributed by atoms with Crippen molar-refractivity contribution in [3.63, 3.8) is 0 Å². The Morgan fingerprint density at radius 3 is 2.46 bits per heavy atom. The number of fused-ring (bicyclic) bond motifs is 1. The summed E-state index contributed by atoms with van der Waals surface area (Å²) in [7, 11) is 7.34. The lowest BCUT2D eigenvalue weighted by atomic mass is 10.1. The minimum atomic E-state index is -0.348. The molecule has 0 radical (unpaired) electrons. The number of hydrogen-bond acceptors (Lipinski definition) is 4. The predicted octanol–water partition coefficient (Wildman–Crippen LogP) is 4.45. The molecule has 146 valence electrons. The molecule has 0 N–H and O–H groups in total. The van der Waals surface area contributed by atoms with Gasteiger partial charge in [-0.15, -0.1) is 0 Å². The highest BCUT2D eigenvalue weighted by Gasteiger charge is 2.15. The highest BCUT2D eigenvalue weighted by molar-refractivity contribution is 5.80. The smallest absolute Gasteiger partial charge is 0.278 e. The molecule has 2 aromatic carbocycles. The maximum absolute atomic E-state index is 11.4. The van der Waals surface area contributed by atoms with E-state index in [0.717, 1.165) is 28.0 Å². The summed E-state index contributed by atoms with van der Waals surface area (Å²) in [5, 5.41) is 12.5. The zero-order valence-electron chi connectivity index (χ0n) is 15.8. The lowest BCUT2D eigenvalue weighted by Gasteiger charge is -2.12. The van der Waals surface area contributed by atoms with Gasteiger partial charge in [-0.25, -0.2) is 0 Å². The maximum Gasteiger partial charge on any atom is 0.278 e. The zero-order valence-corrected chi connectivity index (χ0v) is 15.8. The molecule has 0 fully saturated rings. The van der Waals surface area contributed by atoms with Gasteiger partial charge < -0.3 is 9.64 Å². The second-order valence-electron chi connectivity index (χ2n) is 6.47. The van der Waals surface area contributed by atoms with Crippen LogP contribution in [-0.4, -0.2) is 26.1 Å². The Labute approximate surface area is 165 Å². The van der Waals surface area contributed by atoms with E-state index in [0.29, 0.717) is 5.56 Å². The van der Waals surface area contributed by atoms with Crippen LogP contribution in [0.3, 0.4) is 0 Å². The first-order valence-corrected chi connectivity index (χ1v) is 8.51.